The summed E-state index contributed by atoms with van der Waals surface area (Å²) >= 11 is 1.86. The molecule has 0 radical (unpaired) electrons. The summed E-state index contributed by atoms with van der Waals surface area (Å²) in [6.45, 7) is 0. The van der Waals surface area contributed by atoms with Crippen molar-refractivity contribution in [3.05, 3.63) is 158 Å². The quantitative estimate of drug-likeness (QED) is 0.179. The van der Waals surface area contributed by atoms with Crippen molar-refractivity contribution in [2.24, 2.45) is 0 Å². The Hall–Kier alpha value is -6.16. The number of rotatable bonds is 3. The highest BCUT2D eigenvalue weighted by atomic mass is 32.1. The molecule has 11 aromatic rings. The fraction of sp³-hybridized carbons (Fsp3) is 0. The van der Waals surface area contributed by atoms with Gasteiger partial charge in [0.15, 0.2) is 0 Å². The van der Waals surface area contributed by atoms with Gasteiger partial charge in [0.05, 0.1) is 0 Å². The van der Waals surface area contributed by atoms with Gasteiger partial charge in [-0.15, -0.1) is 11.3 Å². The minimum atomic E-state index is 0.848. The summed E-state index contributed by atoms with van der Waals surface area (Å²) in [5.41, 5.74) is 8.37. The Morgan fingerprint density at radius 3 is 1.63 bits per heavy atom. The van der Waals surface area contributed by atoms with Crippen LogP contribution in [0.1, 0.15) is 0 Å². The molecule has 49 heavy (non-hydrogen) atoms. The maximum Gasteiger partial charge on any atom is 0.143 e. The number of furan rings is 2. The molecule has 0 aliphatic carbocycles. The SMILES string of the molecule is c1ccc(-c2oc3cc4c(cc3c2-c2c3ccccc3c(-c3ccc5c(c3)sc3ccccc35)c3ccccc23)oc2ccccc24)cc1. The van der Waals surface area contributed by atoms with Crippen molar-refractivity contribution < 1.29 is 8.83 Å². The molecule has 0 unspecified atom stereocenters. The smallest absolute Gasteiger partial charge is 0.143 e. The van der Waals surface area contributed by atoms with E-state index in [1.165, 1.54) is 58.4 Å². The van der Waals surface area contributed by atoms with Crippen LogP contribution in [0.3, 0.4) is 0 Å². The molecule has 0 amide bonds. The van der Waals surface area contributed by atoms with Crippen LogP contribution in [0.15, 0.2) is 167 Å². The fourth-order valence-electron chi connectivity index (χ4n) is 7.95. The second-order valence-corrected chi connectivity index (χ2v) is 13.8. The van der Waals surface area contributed by atoms with Crippen molar-refractivity contribution in [1.29, 1.82) is 0 Å². The maximum absolute atomic E-state index is 6.92. The number of hydrogen-bond acceptors (Lipinski definition) is 3. The van der Waals surface area contributed by atoms with Gasteiger partial charge in [-0.1, -0.05) is 127 Å². The molecule has 3 heterocycles. The number of thiophene rings is 1. The van der Waals surface area contributed by atoms with Crippen LogP contribution in [0.2, 0.25) is 0 Å². The third-order valence-corrected chi connectivity index (χ3v) is 11.2. The highest BCUT2D eigenvalue weighted by molar-refractivity contribution is 7.25. The number of benzene rings is 8. The maximum atomic E-state index is 6.92. The largest absolute Gasteiger partial charge is 0.456 e. The van der Waals surface area contributed by atoms with Crippen LogP contribution in [0, 0.1) is 0 Å². The molecule has 2 nitrogen and oxygen atoms in total. The predicted octanol–water partition coefficient (Wildman–Crippen LogP) is 14.0. The van der Waals surface area contributed by atoms with Crippen LogP contribution in [-0.2, 0) is 0 Å². The van der Waals surface area contributed by atoms with Gasteiger partial charge in [0, 0.05) is 53.0 Å². The molecule has 8 aromatic carbocycles. The molecule has 0 N–H and O–H groups in total. The molecule has 0 saturated heterocycles. The summed E-state index contributed by atoms with van der Waals surface area (Å²) in [6, 6.07) is 56.5. The lowest BCUT2D eigenvalue weighted by Crippen LogP contribution is -1.91. The van der Waals surface area contributed by atoms with Crippen LogP contribution < -0.4 is 0 Å². The minimum Gasteiger partial charge on any atom is -0.456 e. The van der Waals surface area contributed by atoms with Gasteiger partial charge in [0.25, 0.3) is 0 Å². The molecule has 0 fully saturated rings. The van der Waals surface area contributed by atoms with E-state index in [1.54, 1.807) is 0 Å². The molecular formula is C46H26O2S. The molecular weight excluding hydrogens is 617 g/mol. The van der Waals surface area contributed by atoms with Crippen molar-refractivity contribution in [2.45, 2.75) is 0 Å². The van der Waals surface area contributed by atoms with E-state index in [0.717, 1.165) is 49.8 Å². The first-order chi connectivity index (χ1) is 24.3. The Morgan fingerprint density at radius 2 is 0.878 bits per heavy atom. The zero-order chi connectivity index (χ0) is 32.1. The first-order valence-electron chi connectivity index (χ1n) is 16.6. The number of fused-ring (bicyclic) bond motifs is 9. The molecule has 0 aliphatic rings. The lowest BCUT2D eigenvalue weighted by Gasteiger charge is -2.18. The Labute approximate surface area is 285 Å². The molecule has 0 spiro atoms. The summed E-state index contributed by atoms with van der Waals surface area (Å²) in [6.07, 6.45) is 0. The average molecular weight is 643 g/mol. The first kappa shape index (κ1) is 26.9. The zero-order valence-corrected chi connectivity index (χ0v) is 27.1. The van der Waals surface area contributed by atoms with Crippen molar-refractivity contribution >= 4 is 86.0 Å². The van der Waals surface area contributed by atoms with E-state index in [1.807, 2.05) is 23.5 Å². The molecule has 11 rings (SSSR count). The number of hydrogen-bond donors (Lipinski definition) is 0. The Morgan fingerprint density at radius 1 is 0.306 bits per heavy atom. The number of para-hydroxylation sites is 1. The van der Waals surface area contributed by atoms with Crippen LogP contribution >= 0.6 is 11.3 Å². The molecule has 3 heteroatoms. The average Bonchev–Trinajstić information content (AvgIpc) is 3.83. The van der Waals surface area contributed by atoms with Gasteiger partial charge in [-0.2, -0.15) is 0 Å². The predicted molar refractivity (Wildman–Crippen MR) is 208 cm³/mol. The Bertz CT molecular complexity index is 3050. The highest BCUT2D eigenvalue weighted by Crippen LogP contribution is 2.51. The molecule has 3 aromatic heterocycles. The van der Waals surface area contributed by atoms with E-state index in [9.17, 15) is 0 Å². The third kappa shape index (κ3) is 3.88. The second-order valence-electron chi connectivity index (χ2n) is 12.8. The summed E-state index contributed by atoms with van der Waals surface area (Å²) in [4.78, 5) is 0. The molecule has 0 aliphatic heterocycles. The van der Waals surface area contributed by atoms with Crippen molar-refractivity contribution in [3.63, 3.8) is 0 Å². The van der Waals surface area contributed by atoms with Crippen molar-refractivity contribution in [2.75, 3.05) is 0 Å². The van der Waals surface area contributed by atoms with Crippen molar-refractivity contribution in [1.82, 2.24) is 0 Å². The lowest BCUT2D eigenvalue weighted by atomic mass is 9.84. The van der Waals surface area contributed by atoms with Crippen LogP contribution in [-0.4, -0.2) is 0 Å². The van der Waals surface area contributed by atoms with Crippen LogP contribution in [0.25, 0.3) is 108 Å². The zero-order valence-electron chi connectivity index (χ0n) is 26.2. The second kappa shape index (κ2) is 10.2. The Kier molecular flexibility index (Phi) is 5.57. The lowest BCUT2D eigenvalue weighted by molar-refractivity contribution is 0.632. The van der Waals surface area contributed by atoms with E-state index in [-0.39, 0.29) is 0 Å². The van der Waals surface area contributed by atoms with Gasteiger partial charge in [-0.3, -0.25) is 0 Å². The molecule has 0 saturated carbocycles. The standard InChI is InChI=1S/C46H26O2S/c1-2-12-27(13-3-1)46-45(37-26-39-36(25-40(37)48-46)29-14-8-10-20-38(29)47-39)44-34-18-6-4-16-32(34)43(33-17-5-7-19-35(33)44)28-22-23-31-30-15-9-11-21-41(30)49-42(31)24-28/h1-26H. The van der Waals surface area contributed by atoms with Gasteiger partial charge in [0.2, 0.25) is 0 Å². The van der Waals surface area contributed by atoms with E-state index in [0.29, 0.717) is 0 Å². The molecule has 0 atom stereocenters. The van der Waals surface area contributed by atoms with Crippen LogP contribution in [0.5, 0.6) is 0 Å². The summed E-state index contributed by atoms with van der Waals surface area (Å²) in [5.74, 6) is 0.863. The normalized spacial score (nSPS) is 12.1. The van der Waals surface area contributed by atoms with E-state index < -0.39 is 0 Å². The van der Waals surface area contributed by atoms with Gasteiger partial charge >= 0.3 is 0 Å². The van der Waals surface area contributed by atoms with Gasteiger partial charge in [-0.05, 0) is 63.0 Å². The van der Waals surface area contributed by atoms with Gasteiger partial charge in [-0.25, -0.2) is 0 Å². The van der Waals surface area contributed by atoms with Gasteiger partial charge in [0.1, 0.15) is 22.5 Å². The molecule has 0 bridgehead atoms. The van der Waals surface area contributed by atoms with E-state index >= 15 is 0 Å². The first-order valence-corrected chi connectivity index (χ1v) is 17.4. The molecule has 228 valence electrons. The minimum absolute atomic E-state index is 0.848. The fourth-order valence-corrected chi connectivity index (χ4v) is 9.09. The highest BCUT2D eigenvalue weighted by Gasteiger charge is 2.25. The van der Waals surface area contributed by atoms with Crippen LogP contribution in [0.4, 0.5) is 0 Å². The monoisotopic (exact) mass is 642 g/mol. The van der Waals surface area contributed by atoms with E-state index in [4.69, 9.17) is 8.83 Å². The summed E-state index contributed by atoms with van der Waals surface area (Å²) in [7, 11) is 0. The van der Waals surface area contributed by atoms with Gasteiger partial charge < -0.3 is 8.83 Å². The van der Waals surface area contributed by atoms with E-state index in [2.05, 4.69) is 146 Å². The summed E-state index contributed by atoms with van der Waals surface area (Å²) < 4.78 is 16.0. The Balaban J connectivity index is 1.27. The summed E-state index contributed by atoms with van der Waals surface area (Å²) in [5, 5.41) is 10.6. The third-order valence-electron chi connectivity index (χ3n) is 10.1. The topological polar surface area (TPSA) is 26.3 Å². The van der Waals surface area contributed by atoms with Crippen molar-refractivity contribution in [3.8, 4) is 33.6 Å².